The standard InChI is InChI=1S/C22H33N5O2/c1-16-14-17(2)27(26-16)12-7-10-24-21(23-5)25-11-13-28-19-9-6-8-18-15-22(3,4)29-20(18)19/h6,8-9,14H,7,10-13,15H2,1-5H3,(H2,23,24,25). The topological polar surface area (TPSA) is 72.7 Å². The summed E-state index contributed by atoms with van der Waals surface area (Å²) in [5, 5.41) is 11.1. The minimum atomic E-state index is -0.167. The van der Waals surface area contributed by atoms with E-state index in [-0.39, 0.29) is 5.60 Å². The number of rotatable bonds is 8. The summed E-state index contributed by atoms with van der Waals surface area (Å²) in [5.41, 5.74) is 3.30. The third kappa shape index (κ3) is 5.65. The maximum Gasteiger partial charge on any atom is 0.191 e. The highest BCUT2D eigenvalue weighted by atomic mass is 16.5. The predicted octanol–water partition coefficient (Wildman–Crippen LogP) is 2.85. The second-order valence-corrected chi connectivity index (χ2v) is 8.06. The second-order valence-electron chi connectivity index (χ2n) is 8.06. The molecule has 2 aromatic rings. The van der Waals surface area contributed by atoms with Crippen LogP contribution in [0.5, 0.6) is 11.5 Å². The van der Waals surface area contributed by atoms with Crippen molar-refractivity contribution >= 4 is 5.96 Å². The van der Waals surface area contributed by atoms with Crippen molar-refractivity contribution in [2.75, 3.05) is 26.7 Å². The SMILES string of the molecule is CN=C(NCCCn1nc(C)cc1C)NCCOc1cccc2c1OC(C)(C)C2. The Labute approximate surface area is 173 Å². The number of benzene rings is 1. The van der Waals surface area contributed by atoms with Crippen LogP contribution in [0.15, 0.2) is 29.3 Å². The highest BCUT2D eigenvalue weighted by Gasteiger charge is 2.32. The van der Waals surface area contributed by atoms with Gasteiger partial charge in [-0.15, -0.1) is 0 Å². The molecular weight excluding hydrogens is 366 g/mol. The Morgan fingerprint density at radius 2 is 2.07 bits per heavy atom. The van der Waals surface area contributed by atoms with Gasteiger partial charge in [0.2, 0.25) is 0 Å². The van der Waals surface area contributed by atoms with Crippen LogP contribution in [0, 0.1) is 13.8 Å². The van der Waals surface area contributed by atoms with Crippen LogP contribution in [0.25, 0.3) is 0 Å². The number of aliphatic imine (C=N–C) groups is 1. The van der Waals surface area contributed by atoms with Crippen LogP contribution < -0.4 is 20.1 Å². The molecule has 1 aromatic carbocycles. The lowest BCUT2D eigenvalue weighted by atomic mass is 10.0. The molecule has 0 unspecified atom stereocenters. The first-order valence-corrected chi connectivity index (χ1v) is 10.3. The molecule has 7 heteroatoms. The zero-order chi connectivity index (χ0) is 20.9. The molecule has 2 N–H and O–H groups in total. The first-order chi connectivity index (χ1) is 13.9. The Hall–Kier alpha value is -2.70. The van der Waals surface area contributed by atoms with Gasteiger partial charge in [0.05, 0.1) is 12.2 Å². The van der Waals surface area contributed by atoms with Crippen molar-refractivity contribution in [3.05, 3.63) is 41.2 Å². The van der Waals surface area contributed by atoms with Crippen LogP contribution in [-0.4, -0.2) is 48.1 Å². The number of guanidine groups is 1. The highest BCUT2D eigenvalue weighted by Crippen LogP contribution is 2.41. The zero-order valence-electron chi connectivity index (χ0n) is 18.2. The lowest BCUT2D eigenvalue weighted by Gasteiger charge is -2.18. The van der Waals surface area contributed by atoms with E-state index < -0.39 is 0 Å². The Balaban J connectivity index is 1.37. The van der Waals surface area contributed by atoms with Crippen molar-refractivity contribution in [2.45, 2.75) is 52.7 Å². The summed E-state index contributed by atoms with van der Waals surface area (Å²) in [6.07, 6.45) is 1.88. The van der Waals surface area contributed by atoms with E-state index in [4.69, 9.17) is 9.47 Å². The van der Waals surface area contributed by atoms with Gasteiger partial charge in [-0.3, -0.25) is 9.67 Å². The Kier molecular flexibility index (Phi) is 6.67. The third-order valence-corrected chi connectivity index (χ3v) is 4.87. The number of aromatic nitrogens is 2. The number of ether oxygens (including phenoxy) is 2. The second kappa shape index (κ2) is 9.20. The number of hydrogen-bond acceptors (Lipinski definition) is 4. The summed E-state index contributed by atoms with van der Waals surface area (Å²) in [6, 6.07) is 8.19. The number of nitrogens with one attached hydrogen (secondary N) is 2. The van der Waals surface area contributed by atoms with Gasteiger partial charge >= 0.3 is 0 Å². The summed E-state index contributed by atoms with van der Waals surface area (Å²) >= 11 is 0. The van der Waals surface area contributed by atoms with Gasteiger partial charge in [0.25, 0.3) is 0 Å². The largest absolute Gasteiger partial charge is 0.488 e. The first kappa shape index (κ1) is 21.0. The van der Waals surface area contributed by atoms with Crippen LogP contribution in [-0.2, 0) is 13.0 Å². The zero-order valence-corrected chi connectivity index (χ0v) is 18.2. The lowest BCUT2D eigenvalue weighted by Crippen LogP contribution is -2.39. The fourth-order valence-corrected chi connectivity index (χ4v) is 3.59. The molecule has 29 heavy (non-hydrogen) atoms. The molecule has 1 aliphatic heterocycles. The molecule has 158 valence electrons. The van der Waals surface area contributed by atoms with Crippen molar-refractivity contribution in [1.82, 2.24) is 20.4 Å². The Morgan fingerprint density at radius 3 is 2.79 bits per heavy atom. The minimum absolute atomic E-state index is 0.167. The monoisotopic (exact) mass is 399 g/mol. The van der Waals surface area contributed by atoms with Crippen molar-refractivity contribution in [1.29, 1.82) is 0 Å². The lowest BCUT2D eigenvalue weighted by molar-refractivity contribution is 0.132. The van der Waals surface area contributed by atoms with Crippen LogP contribution in [0.4, 0.5) is 0 Å². The van der Waals surface area contributed by atoms with Crippen molar-refractivity contribution in [2.24, 2.45) is 4.99 Å². The van der Waals surface area contributed by atoms with E-state index in [9.17, 15) is 0 Å². The van der Waals surface area contributed by atoms with Gasteiger partial charge in [0, 0.05) is 37.8 Å². The smallest absolute Gasteiger partial charge is 0.191 e. The molecule has 1 aromatic heterocycles. The number of fused-ring (bicyclic) bond motifs is 1. The third-order valence-electron chi connectivity index (χ3n) is 4.87. The quantitative estimate of drug-likeness (QED) is 0.406. The molecule has 0 spiro atoms. The molecule has 0 bridgehead atoms. The van der Waals surface area contributed by atoms with E-state index >= 15 is 0 Å². The summed E-state index contributed by atoms with van der Waals surface area (Å²) in [5.74, 6) is 2.46. The molecule has 0 aliphatic carbocycles. The number of para-hydroxylation sites is 1. The average molecular weight is 400 g/mol. The Morgan fingerprint density at radius 1 is 1.28 bits per heavy atom. The molecule has 0 saturated carbocycles. The fourth-order valence-electron chi connectivity index (χ4n) is 3.59. The molecule has 2 heterocycles. The van der Waals surface area contributed by atoms with Crippen LogP contribution in [0.3, 0.4) is 0 Å². The predicted molar refractivity (Wildman–Crippen MR) is 116 cm³/mol. The molecule has 0 amide bonds. The van der Waals surface area contributed by atoms with Crippen molar-refractivity contribution < 1.29 is 9.47 Å². The summed E-state index contributed by atoms with van der Waals surface area (Å²) in [6.45, 7) is 11.2. The summed E-state index contributed by atoms with van der Waals surface area (Å²) in [7, 11) is 1.77. The molecule has 7 nitrogen and oxygen atoms in total. The molecule has 0 atom stereocenters. The molecule has 0 radical (unpaired) electrons. The summed E-state index contributed by atoms with van der Waals surface area (Å²) < 4.78 is 14.0. The summed E-state index contributed by atoms with van der Waals surface area (Å²) in [4.78, 5) is 4.27. The van der Waals surface area contributed by atoms with Gasteiger partial charge in [-0.05, 0) is 46.2 Å². The van der Waals surface area contributed by atoms with E-state index in [2.05, 4.69) is 53.6 Å². The molecule has 3 rings (SSSR count). The van der Waals surface area contributed by atoms with Crippen molar-refractivity contribution in [3.63, 3.8) is 0 Å². The van der Waals surface area contributed by atoms with Gasteiger partial charge in [0.15, 0.2) is 17.5 Å². The average Bonchev–Trinajstić information content (AvgIpc) is 3.16. The first-order valence-electron chi connectivity index (χ1n) is 10.3. The molecule has 1 aliphatic rings. The van der Waals surface area contributed by atoms with Gasteiger partial charge in [0.1, 0.15) is 12.2 Å². The van der Waals surface area contributed by atoms with Crippen LogP contribution >= 0.6 is 0 Å². The van der Waals surface area contributed by atoms with Crippen LogP contribution in [0.1, 0.15) is 37.2 Å². The molecule has 0 fully saturated rings. The Bertz CT molecular complexity index is 857. The number of nitrogens with zero attached hydrogens (tertiary/aromatic N) is 3. The maximum absolute atomic E-state index is 6.05. The van der Waals surface area contributed by atoms with Gasteiger partial charge < -0.3 is 20.1 Å². The highest BCUT2D eigenvalue weighted by molar-refractivity contribution is 5.79. The van der Waals surface area contributed by atoms with E-state index in [1.165, 1.54) is 11.3 Å². The maximum atomic E-state index is 6.05. The van der Waals surface area contributed by atoms with E-state index in [1.54, 1.807) is 7.05 Å². The minimum Gasteiger partial charge on any atom is -0.488 e. The van der Waals surface area contributed by atoms with Crippen LogP contribution in [0.2, 0.25) is 0 Å². The molecule has 0 saturated heterocycles. The molecular formula is C22H33N5O2. The van der Waals surface area contributed by atoms with E-state index in [1.807, 2.05) is 23.7 Å². The number of hydrogen-bond donors (Lipinski definition) is 2. The van der Waals surface area contributed by atoms with Gasteiger partial charge in [-0.2, -0.15) is 5.10 Å². The normalized spacial score (nSPS) is 15.0. The fraction of sp³-hybridized carbons (Fsp3) is 0.545. The van der Waals surface area contributed by atoms with E-state index in [0.29, 0.717) is 13.2 Å². The van der Waals surface area contributed by atoms with Crippen molar-refractivity contribution in [3.8, 4) is 11.5 Å². The van der Waals surface area contributed by atoms with E-state index in [0.717, 1.165) is 49.1 Å². The van der Waals surface area contributed by atoms with Gasteiger partial charge in [-0.1, -0.05) is 12.1 Å². The van der Waals surface area contributed by atoms with Gasteiger partial charge in [-0.25, -0.2) is 0 Å². The number of aryl methyl sites for hydroxylation is 3.